The lowest BCUT2D eigenvalue weighted by Gasteiger charge is -2.26. The van der Waals surface area contributed by atoms with Crippen LogP contribution in [0, 0.1) is 6.92 Å². The first-order valence-electron chi connectivity index (χ1n) is 7.45. The average Bonchev–Trinajstić information content (AvgIpc) is 2.49. The van der Waals surface area contributed by atoms with Gasteiger partial charge in [-0.05, 0) is 13.3 Å². The van der Waals surface area contributed by atoms with Crippen LogP contribution in [-0.2, 0) is 15.9 Å². The van der Waals surface area contributed by atoms with Gasteiger partial charge in [-0.3, -0.25) is 0 Å². The molecule has 0 atom stereocenters. The molecule has 0 saturated heterocycles. The summed E-state index contributed by atoms with van der Waals surface area (Å²) in [4.78, 5) is 11.5. The first-order chi connectivity index (χ1) is 10.2. The van der Waals surface area contributed by atoms with Gasteiger partial charge in [0.1, 0.15) is 17.5 Å². The number of rotatable bonds is 10. The SMILES string of the molecule is CCCc1nc(NC)c(C)c(N(CCOC)CCOC)n1. The Morgan fingerprint density at radius 1 is 1.10 bits per heavy atom. The van der Waals surface area contributed by atoms with Gasteiger partial charge >= 0.3 is 0 Å². The molecule has 0 aromatic carbocycles. The molecule has 1 heterocycles. The van der Waals surface area contributed by atoms with Gasteiger partial charge in [0.05, 0.1) is 13.2 Å². The zero-order valence-electron chi connectivity index (χ0n) is 13.9. The van der Waals surface area contributed by atoms with E-state index < -0.39 is 0 Å². The quantitative estimate of drug-likeness (QED) is 0.711. The minimum atomic E-state index is 0.658. The highest BCUT2D eigenvalue weighted by atomic mass is 16.5. The molecule has 0 fully saturated rings. The number of methoxy groups -OCH3 is 2. The second kappa shape index (κ2) is 9.52. The smallest absolute Gasteiger partial charge is 0.137 e. The van der Waals surface area contributed by atoms with Crippen molar-refractivity contribution in [1.82, 2.24) is 9.97 Å². The number of hydrogen-bond donors (Lipinski definition) is 1. The van der Waals surface area contributed by atoms with Crippen molar-refractivity contribution in [3.8, 4) is 0 Å². The summed E-state index contributed by atoms with van der Waals surface area (Å²) in [6.07, 6.45) is 1.91. The minimum Gasteiger partial charge on any atom is -0.383 e. The maximum Gasteiger partial charge on any atom is 0.137 e. The molecule has 6 nitrogen and oxygen atoms in total. The fraction of sp³-hybridized carbons (Fsp3) is 0.733. The Labute approximate surface area is 127 Å². The molecule has 0 aliphatic rings. The second-order valence-corrected chi connectivity index (χ2v) is 4.91. The van der Waals surface area contributed by atoms with E-state index >= 15 is 0 Å². The van der Waals surface area contributed by atoms with E-state index in [0.29, 0.717) is 13.2 Å². The zero-order valence-corrected chi connectivity index (χ0v) is 13.9. The molecular weight excluding hydrogens is 268 g/mol. The topological polar surface area (TPSA) is 59.5 Å². The van der Waals surface area contributed by atoms with Crippen molar-refractivity contribution in [1.29, 1.82) is 0 Å². The first-order valence-corrected chi connectivity index (χ1v) is 7.45. The molecule has 0 bridgehead atoms. The van der Waals surface area contributed by atoms with Gasteiger partial charge in [-0.2, -0.15) is 0 Å². The summed E-state index contributed by atoms with van der Waals surface area (Å²) in [6.45, 7) is 7.06. The number of nitrogens with zero attached hydrogens (tertiary/aromatic N) is 3. The minimum absolute atomic E-state index is 0.658. The lowest BCUT2D eigenvalue weighted by Crippen LogP contribution is -2.32. The molecule has 0 saturated carbocycles. The van der Waals surface area contributed by atoms with Crippen LogP contribution in [0.1, 0.15) is 24.7 Å². The third-order valence-corrected chi connectivity index (χ3v) is 3.31. The van der Waals surface area contributed by atoms with Gasteiger partial charge in [0.2, 0.25) is 0 Å². The Hall–Kier alpha value is -1.40. The summed E-state index contributed by atoms with van der Waals surface area (Å²) < 4.78 is 10.4. The highest BCUT2D eigenvalue weighted by Crippen LogP contribution is 2.23. The molecule has 0 aliphatic heterocycles. The maximum atomic E-state index is 5.21. The van der Waals surface area contributed by atoms with Gasteiger partial charge < -0.3 is 19.7 Å². The molecule has 6 heteroatoms. The fourth-order valence-corrected chi connectivity index (χ4v) is 2.16. The summed E-state index contributed by atoms with van der Waals surface area (Å²) >= 11 is 0. The Kier molecular flexibility index (Phi) is 8.00. The third-order valence-electron chi connectivity index (χ3n) is 3.31. The van der Waals surface area contributed by atoms with Crippen molar-refractivity contribution in [2.45, 2.75) is 26.7 Å². The van der Waals surface area contributed by atoms with Gasteiger partial charge in [0.15, 0.2) is 0 Å². The molecule has 1 N–H and O–H groups in total. The number of hydrogen-bond acceptors (Lipinski definition) is 6. The number of nitrogens with one attached hydrogen (secondary N) is 1. The van der Waals surface area contributed by atoms with E-state index in [2.05, 4.69) is 22.1 Å². The Morgan fingerprint density at radius 2 is 1.71 bits per heavy atom. The van der Waals surface area contributed by atoms with E-state index in [4.69, 9.17) is 14.5 Å². The Balaban J connectivity index is 3.10. The van der Waals surface area contributed by atoms with Gasteiger partial charge in [-0.1, -0.05) is 6.92 Å². The average molecular weight is 296 g/mol. The largest absolute Gasteiger partial charge is 0.383 e. The Bertz CT molecular complexity index is 418. The van der Waals surface area contributed by atoms with Gasteiger partial charge in [0, 0.05) is 46.3 Å². The second-order valence-electron chi connectivity index (χ2n) is 4.91. The highest BCUT2D eigenvalue weighted by molar-refractivity contribution is 5.58. The summed E-state index contributed by atoms with van der Waals surface area (Å²) in [7, 11) is 5.31. The molecule has 0 spiro atoms. The van der Waals surface area contributed by atoms with Crippen LogP contribution in [0.15, 0.2) is 0 Å². The summed E-state index contributed by atoms with van der Waals surface area (Å²) in [5.74, 6) is 2.73. The molecule has 0 amide bonds. The van der Waals surface area contributed by atoms with E-state index in [1.165, 1.54) is 0 Å². The molecule has 0 radical (unpaired) electrons. The first kappa shape index (κ1) is 17.7. The molecule has 21 heavy (non-hydrogen) atoms. The molecule has 120 valence electrons. The van der Waals surface area contributed by atoms with Crippen LogP contribution in [0.3, 0.4) is 0 Å². The highest BCUT2D eigenvalue weighted by Gasteiger charge is 2.16. The van der Waals surface area contributed by atoms with Gasteiger partial charge in [-0.25, -0.2) is 9.97 Å². The van der Waals surface area contributed by atoms with E-state index in [-0.39, 0.29) is 0 Å². The maximum absolute atomic E-state index is 5.21. The van der Waals surface area contributed by atoms with Crippen LogP contribution in [0.25, 0.3) is 0 Å². The van der Waals surface area contributed by atoms with Gasteiger partial charge in [-0.15, -0.1) is 0 Å². The zero-order chi connectivity index (χ0) is 15.7. The summed E-state index contributed by atoms with van der Waals surface area (Å²) in [6, 6.07) is 0. The van der Waals surface area contributed by atoms with Crippen LogP contribution < -0.4 is 10.2 Å². The van der Waals surface area contributed by atoms with Crippen LogP contribution in [0.5, 0.6) is 0 Å². The van der Waals surface area contributed by atoms with Crippen molar-refractivity contribution in [2.75, 3.05) is 57.8 Å². The summed E-state index contributed by atoms with van der Waals surface area (Å²) in [5.41, 5.74) is 1.06. The Morgan fingerprint density at radius 3 is 2.19 bits per heavy atom. The predicted octanol–water partition coefficient (Wildman–Crippen LogP) is 1.88. The monoisotopic (exact) mass is 296 g/mol. The molecule has 0 unspecified atom stereocenters. The molecule has 0 aliphatic carbocycles. The van der Waals surface area contributed by atoms with Crippen molar-refractivity contribution in [3.05, 3.63) is 11.4 Å². The van der Waals surface area contributed by atoms with Crippen LogP contribution in [0.2, 0.25) is 0 Å². The van der Waals surface area contributed by atoms with Crippen LogP contribution in [0.4, 0.5) is 11.6 Å². The molecule has 1 aromatic heterocycles. The van der Waals surface area contributed by atoms with E-state index in [9.17, 15) is 0 Å². The van der Waals surface area contributed by atoms with Gasteiger partial charge in [0.25, 0.3) is 0 Å². The lowest BCUT2D eigenvalue weighted by molar-refractivity contribution is 0.190. The standard InChI is InChI=1S/C15H28N4O2/c1-6-7-13-17-14(16-3)12(2)15(18-13)19(8-10-20-4)9-11-21-5/h6-11H2,1-5H3,(H,16,17,18). The number of anilines is 2. The summed E-state index contributed by atoms with van der Waals surface area (Å²) in [5, 5.41) is 3.16. The van der Waals surface area contributed by atoms with E-state index in [1.54, 1.807) is 14.2 Å². The predicted molar refractivity (Wildman–Crippen MR) is 86.3 cm³/mol. The number of aryl methyl sites for hydroxylation is 1. The third kappa shape index (κ3) is 5.13. The number of aromatic nitrogens is 2. The van der Waals surface area contributed by atoms with Crippen molar-refractivity contribution in [3.63, 3.8) is 0 Å². The normalized spacial score (nSPS) is 10.7. The van der Waals surface area contributed by atoms with Crippen molar-refractivity contribution >= 4 is 11.6 Å². The number of ether oxygens (including phenoxy) is 2. The van der Waals surface area contributed by atoms with Crippen molar-refractivity contribution < 1.29 is 9.47 Å². The fourth-order valence-electron chi connectivity index (χ4n) is 2.16. The molecule has 1 rings (SSSR count). The lowest BCUT2D eigenvalue weighted by atomic mass is 10.2. The molecular formula is C15H28N4O2. The molecule has 1 aromatic rings. The van der Waals surface area contributed by atoms with E-state index in [1.807, 2.05) is 14.0 Å². The van der Waals surface area contributed by atoms with Crippen LogP contribution >= 0.6 is 0 Å². The van der Waals surface area contributed by atoms with Crippen molar-refractivity contribution in [2.24, 2.45) is 0 Å². The van der Waals surface area contributed by atoms with E-state index in [0.717, 1.165) is 49.0 Å². The van der Waals surface area contributed by atoms with Crippen LogP contribution in [-0.4, -0.2) is 57.5 Å².